The zero-order chi connectivity index (χ0) is 12.7. The van der Waals surface area contributed by atoms with E-state index < -0.39 is 11.9 Å². The highest BCUT2D eigenvalue weighted by molar-refractivity contribution is 5.74. The zero-order valence-electron chi connectivity index (χ0n) is 9.84. The number of halogens is 1. The van der Waals surface area contributed by atoms with Crippen LogP contribution >= 0.6 is 0 Å². The fraction of sp³-hybridized carbons (Fsp3) is 0.583. The summed E-state index contributed by atoms with van der Waals surface area (Å²) in [6, 6.07) is 0. The fourth-order valence-corrected chi connectivity index (χ4v) is 2.16. The number of aromatic nitrogens is 2. The third-order valence-electron chi connectivity index (χ3n) is 3.55. The van der Waals surface area contributed by atoms with Gasteiger partial charge in [-0.25, -0.2) is 14.4 Å². The Kier molecular flexibility index (Phi) is 2.65. The molecule has 1 N–H and O–H groups in total. The van der Waals surface area contributed by atoms with E-state index in [9.17, 15) is 9.18 Å². The van der Waals surface area contributed by atoms with Crippen molar-refractivity contribution in [3.8, 4) is 0 Å². The molecule has 0 atom stereocenters. The van der Waals surface area contributed by atoms with Crippen molar-refractivity contribution in [2.24, 2.45) is 11.8 Å². The second-order valence-corrected chi connectivity index (χ2v) is 5.05. The fourth-order valence-electron chi connectivity index (χ4n) is 2.16. The van der Waals surface area contributed by atoms with Crippen LogP contribution in [-0.4, -0.2) is 34.1 Å². The monoisotopic (exact) mass is 251 g/mol. The first-order valence-corrected chi connectivity index (χ1v) is 6.12. The van der Waals surface area contributed by atoms with Gasteiger partial charge in [-0.1, -0.05) is 0 Å². The number of carboxylic acid groups (broad SMARTS) is 1. The minimum absolute atomic E-state index is 0.248. The summed E-state index contributed by atoms with van der Waals surface area (Å²) >= 11 is 0. The molecule has 0 unspecified atom stereocenters. The van der Waals surface area contributed by atoms with E-state index in [1.807, 2.05) is 0 Å². The van der Waals surface area contributed by atoms with Crippen molar-refractivity contribution in [3.63, 3.8) is 0 Å². The second kappa shape index (κ2) is 4.19. The molecule has 2 fully saturated rings. The molecule has 2 heterocycles. The number of carboxylic acids is 1. The highest BCUT2D eigenvalue weighted by Crippen LogP contribution is 2.34. The van der Waals surface area contributed by atoms with Gasteiger partial charge in [0.05, 0.1) is 11.6 Å². The molecule has 6 heteroatoms. The lowest BCUT2D eigenvalue weighted by Gasteiger charge is -2.37. The van der Waals surface area contributed by atoms with Gasteiger partial charge in [0, 0.05) is 13.1 Å². The van der Waals surface area contributed by atoms with E-state index in [2.05, 4.69) is 9.97 Å². The van der Waals surface area contributed by atoms with Crippen LogP contribution in [0.2, 0.25) is 0 Å². The minimum Gasteiger partial charge on any atom is -0.481 e. The van der Waals surface area contributed by atoms with Crippen LogP contribution in [0.15, 0.2) is 6.33 Å². The van der Waals surface area contributed by atoms with E-state index in [0.717, 1.165) is 12.8 Å². The molecule has 1 aliphatic carbocycles. The first-order valence-electron chi connectivity index (χ1n) is 6.12. The van der Waals surface area contributed by atoms with Gasteiger partial charge in [-0.2, -0.15) is 0 Å². The summed E-state index contributed by atoms with van der Waals surface area (Å²) in [5.74, 6) is -0.818. The van der Waals surface area contributed by atoms with E-state index in [-0.39, 0.29) is 11.6 Å². The molecule has 2 aliphatic rings. The molecule has 1 aromatic rings. The van der Waals surface area contributed by atoms with E-state index >= 15 is 0 Å². The topological polar surface area (TPSA) is 66.3 Å². The second-order valence-electron chi connectivity index (χ2n) is 5.05. The number of anilines is 1. The lowest BCUT2D eigenvalue weighted by atomic mass is 10.0. The average molecular weight is 251 g/mol. The smallest absolute Gasteiger partial charge is 0.310 e. The van der Waals surface area contributed by atoms with Crippen molar-refractivity contribution < 1.29 is 14.3 Å². The largest absolute Gasteiger partial charge is 0.481 e. The maximum absolute atomic E-state index is 14.1. The Morgan fingerprint density at radius 3 is 2.78 bits per heavy atom. The Balaban J connectivity index is 1.74. The Labute approximate surface area is 104 Å². The average Bonchev–Trinajstić information content (AvgIpc) is 3.04. The van der Waals surface area contributed by atoms with Crippen molar-refractivity contribution in [2.75, 3.05) is 18.0 Å². The van der Waals surface area contributed by atoms with E-state index in [1.54, 1.807) is 4.90 Å². The highest BCUT2D eigenvalue weighted by atomic mass is 19.1. The molecular formula is C12H14FN3O2. The van der Waals surface area contributed by atoms with Gasteiger partial charge in [0.25, 0.3) is 0 Å². The van der Waals surface area contributed by atoms with Gasteiger partial charge >= 0.3 is 5.97 Å². The maximum Gasteiger partial charge on any atom is 0.310 e. The molecule has 0 bridgehead atoms. The molecule has 0 amide bonds. The summed E-state index contributed by atoms with van der Waals surface area (Å²) in [4.78, 5) is 20.3. The Bertz CT molecular complexity index is 484. The van der Waals surface area contributed by atoms with E-state index in [0.29, 0.717) is 31.1 Å². The minimum atomic E-state index is -0.834. The number of carbonyl (C=O) groups is 1. The molecule has 96 valence electrons. The number of nitrogens with zero attached hydrogens (tertiary/aromatic N) is 3. The predicted molar refractivity (Wildman–Crippen MR) is 61.8 cm³/mol. The van der Waals surface area contributed by atoms with Gasteiger partial charge in [-0.05, 0) is 25.2 Å². The van der Waals surface area contributed by atoms with Crippen LogP contribution in [0.5, 0.6) is 0 Å². The molecule has 1 aromatic heterocycles. The van der Waals surface area contributed by atoms with Crippen LogP contribution in [-0.2, 0) is 11.2 Å². The summed E-state index contributed by atoms with van der Waals surface area (Å²) in [6.07, 6.45) is 4.31. The Morgan fingerprint density at radius 1 is 1.44 bits per heavy atom. The third kappa shape index (κ3) is 2.02. The van der Waals surface area contributed by atoms with Crippen molar-refractivity contribution in [2.45, 2.75) is 19.3 Å². The Hall–Kier alpha value is -1.72. The molecule has 1 aliphatic heterocycles. The highest BCUT2D eigenvalue weighted by Gasteiger charge is 2.35. The molecule has 0 aromatic carbocycles. The first-order chi connectivity index (χ1) is 8.65. The van der Waals surface area contributed by atoms with Crippen molar-refractivity contribution in [1.82, 2.24) is 9.97 Å². The van der Waals surface area contributed by atoms with Gasteiger partial charge in [-0.3, -0.25) is 4.79 Å². The lowest BCUT2D eigenvalue weighted by Crippen LogP contribution is -2.51. The maximum atomic E-state index is 14.1. The van der Waals surface area contributed by atoms with Crippen LogP contribution in [0.25, 0.3) is 0 Å². The molecule has 1 saturated heterocycles. The number of hydrogen-bond acceptors (Lipinski definition) is 4. The molecule has 18 heavy (non-hydrogen) atoms. The molecule has 1 saturated carbocycles. The van der Waals surface area contributed by atoms with Crippen LogP contribution in [0, 0.1) is 17.7 Å². The first kappa shape index (κ1) is 11.4. The number of rotatable bonds is 4. The van der Waals surface area contributed by atoms with Crippen molar-refractivity contribution >= 4 is 11.8 Å². The van der Waals surface area contributed by atoms with Gasteiger partial charge in [0.15, 0.2) is 11.6 Å². The lowest BCUT2D eigenvalue weighted by molar-refractivity contribution is -0.142. The van der Waals surface area contributed by atoms with Crippen molar-refractivity contribution in [3.05, 3.63) is 17.8 Å². The summed E-state index contributed by atoms with van der Waals surface area (Å²) in [7, 11) is 0. The quantitative estimate of drug-likeness (QED) is 0.867. The molecular weight excluding hydrogens is 237 g/mol. The molecule has 0 spiro atoms. The third-order valence-corrected chi connectivity index (χ3v) is 3.55. The summed E-state index contributed by atoms with van der Waals surface area (Å²) in [5.41, 5.74) is 0.460. The van der Waals surface area contributed by atoms with Crippen molar-refractivity contribution in [1.29, 1.82) is 0 Å². The van der Waals surface area contributed by atoms with Crippen LogP contribution in [0.4, 0.5) is 10.2 Å². The van der Waals surface area contributed by atoms with Gasteiger partial charge < -0.3 is 10.0 Å². The standard InChI is InChI=1S/C12H14FN3O2/c13-10-9(3-7-1-2-7)14-6-15-11(10)16-4-8(5-16)12(17)18/h6-8H,1-5H2,(H,17,18). The van der Waals surface area contributed by atoms with Crippen LogP contribution < -0.4 is 4.90 Å². The van der Waals surface area contributed by atoms with Gasteiger partial charge in [0.2, 0.25) is 0 Å². The van der Waals surface area contributed by atoms with E-state index in [4.69, 9.17) is 5.11 Å². The molecule has 0 radical (unpaired) electrons. The van der Waals surface area contributed by atoms with Crippen LogP contribution in [0.3, 0.4) is 0 Å². The summed E-state index contributed by atoms with van der Waals surface area (Å²) < 4.78 is 14.1. The SMILES string of the molecule is O=C(O)C1CN(c2ncnc(CC3CC3)c2F)C1. The normalized spacial score (nSPS) is 19.7. The summed E-state index contributed by atoms with van der Waals surface area (Å²) in [5, 5.41) is 8.80. The van der Waals surface area contributed by atoms with E-state index in [1.165, 1.54) is 6.33 Å². The van der Waals surface area contributed by atoms with Crippen LogP contribution in [0.1, 0.15) is 18.5 Å². The Morgan fingerprint density at radius 2 is 2.17 bits per heavy atom. The molecule has 5 nitrogen and oxygen atoms in total. The zero-order valence-corrected chi connectivity index (χ0v) is 9.84. The molecule has 3 rings (SSSR count). The number of aliphatic carboxylic acids is 1. The predicted octanol–water partition coefficient (Wildman–Crippen LogP) is 1.09. The van der Waals surface area contributed by atoms with Gasteiger partial charge in [-0.15, -0.1) is 0 Å². The summed E-state index contributed by atoms with van der Waals surface area (Å²) in [6.45, 7) is 0.651. The van der Waals surface area contributed by atoms with Gasteiger partial charge in [0.1, 0.15) is 6.33 Å². The number of hydrogen-bond donors (Lipinski definition) is 1.